The molecule has 3 nitrogen and oxygen atoms in total. The second-order valence-corrected chi connectivity index (χ2v) is 17.4. The zero-order valence-electron chi connectivity index (χ0n) is 31.0. The van der Waals surface area contributed by atoms with Crippen molar-refractivity contribution in [2.24, 2.45) is 0 Å². The van der Waals surface area contributed by atoms with E-state index in [0.717, 1.165) is 49.8 Å². The quantitative estimate of drug-likeness (QED) is 0.132. The van der Waals surface area contributed by atoms with E-state index in [1.165, 1.54) is 28.3 Å². The molecule has 49 heavy (non-hydrogen) atoms. The van der Waals surface area contributed by atoms with Crippen molar-refractivity contribution in [2.75, 3.05) is 0 Å². The SMILES string of the molecule is CC(C)(C)c1cnc(-c2cc(C(C)(C)C)cc3c2[n-]c2c(-c4[c-]c(-c5cccc(F)n5)ccc4)cc(C(C)(C)C)cc23)c(C(C)(C)C)c1.[Pt+2]. The second kappa shape index (κ2) is 12.6. The molecule has 3 aromatic heterocycles. The van der Waals surface area contributed by atoms with Gasteiger partial charge in [-0.05, 0) is 66.3 Å². The van der Waals surface area contributed by atoms with E-state index >= 15 is 0 Å². The van der Waals surface area contributed by atoms with Gasteiger partial charge in [0.05, 0.1) is 5.69 Å². The van der Waals surface area contributed by atoms with Crippen LogP contribution in [0.15, 0.2) is 72.9 Å². The fourth-order valence-electron chi connectivity index (χ4n) is 6.28. The number of benzene rings is 3. The van der Waals surface area contributed by atoms with Crippen molar-refractivity contribution in [1.29, 1.82) is 0 Å². The number of hydrogen-bond donors (Lipinski definition) is 0. The van der Waals surface area contributed by atoms with Crippen LogP contribution in [0.4, 0.5) is 4.39 Å². The normalized spacial score (nSPS) is 12.8. The standard InChI is InChI=1S/C44H48FN3.Pt/c1-41(2,3)28-20-31(26-15-13-16-27(19-26)36-17-14-18-37(45)47-36)38-32(21-28)33-22-29(42(4,5)6)23-34(39(33)48-38)40-35(44(10,11)12)24-30(25-46-40)43(7,8)9;/h13-18,20-25H,1-12H3;/q-2;+2. The van der Waals surface area contributed by atoms with Crippen LogP contribution in [-0.2, 0) is 42.7 Å². The van der Waals surface area contributed by atoms with Crippen LogP contribution in [0.3, 0.4) is 0 Å². The van der Waals surface area contributed by atoms with E-state index < -0.39 is 5.95 Å². The molecule has 0 amide bonds. The maximum Gasteiger partial charge on any atom is 2.00 e. The molecule has 0 bridgehead atoms. The second-order valence-electron chi connectivity index (χ2n) is 17.4. The third-order valence-electron chi connectivity index (χ3n) is 9.36. The topological polar surface area (TPSA) is 39.9 Å². The molecule has 0 aliphatic heterocycles. The number of pyridine rings is 2. The molecule has 256 valence electrons. The first-order chi connectivity index (χ1) is 22.2. The van der Waals surface area contributed by atoms with Crippen LogP contribution in [0.5, 0.6) is 0 Å². The Morgan fingerprint density at radius 3 is 1.67 bits per heavy atom. The smallest absolute Gasteiger partial charge is 0.662 e. The Morgan fingerprint density at radius 1 is 0.592 bits per heavy atom. The van der Waals surface area contributed by atoms with Gasteiger partial charge in [0.1, 0.15) is 0 Å². The summed E-state index contributed by atoms with van der Waals surface area (Å²) >= 11 is 0. The van der Waals surface area contributed by atoms with Gasteiger partial charge in [0.2, 0.25) is 5.95 Å². The summed E-state index contributed by atoms with van der Waals surface area (Å²) in [6.45, 7) is 27.1. The molecular weight excluding hydrogens is 785 g/mol. The van der Waals surface area contributed by atoms with Crippen molar-refractivity contribution in [3.8, 4) is 33.6 Å². The van der Waals surface area contributed by atoms with Crippen molar-refractivity contribution in [3.05, 3.63) is 107 Å². The summed E-state index contributed by atoms with van der Waals surface area (Å²) in [7, 11) is 0. The first-order valence-electron chi connectivity index (χ1n) is 17.0. The summed E-state index contributed by atoms with van der Waals surface area (Å²) in [6, 6.07) is 26.0. The number of fused-ring (bicyclic) bond motifs is 3. The van der Waals surface area contributed by atoms with Gasteiger partial charge in [0, 0.05) is 11.9 Å². The molecule has 6 aromatic rings. The van der Waals surface area contributed by atoms with Gasteiger partial charge >= 0.3 is 21.1 Å². The molecule has 0 atom stereocenters. The van der Waals surface area contributed by atoms with E-state index in [9.17, 15) is 4.39 Å². The Labute approximate surface area is 306 Å². The number of rotatable bonds is 3. The fraction of sp³-hybridized carbons (Fsp3) is 0.364. The van der Waals surface area contributed by atoms with Crippen LogP contribution in [0.1, 0.15) is 105 Å². The monoisotopic (exact) mass is 832 g/mol. The average Bonchev–Trinajstić information content (AvgIpc) is 3.37. The molecule has 0 saturated carbocycles. The Hall–Kier alpha value is -3.62. The van der Waals surface area contributed by atoms with Crippen LogP contribution in [0.2, 0.25) is 0 Å². The first-order valence-corrected chi connectivity index (χ1v) is 17.0. The molecule has 0 radical (unpaired) electrons. The summed E-state index contributed by atoms with van der Waals surface area (Å²) in [5, 5.41) is 2.25. The molecule has 0 spiro atoms. The summed E-state index contributed by atoms with van der Waals surface area (Å²) < 4.78 is 14.1. The van der Waals surface area contributed by atoms with E-state index in [1.807, 2.05) is 24.4 Å². The molecule has 0 aliphatic carbocycles. The Balaban J connectivity index is 0.00000468. The van der Waals surface area contributed by atoms with Crippen LogP contribution < -0.4 is 4.98 Å². The molecular formula is C44H48FN3Pt. The van der Waals surface area contributed by atoms with E-state index in [1.54, 1.807) is 6.07 Å². The molecule has 0 fully saturated rings. The maximum absolute atomic E-state index is 14.1. The largest absolute Gasteiger partial charge is 2.00 e. The molecule has 0 aliphatic rings. The van der Waals surface area contributed by atoms with E-state index in [2.05, 4.69) is 131 Å². The third kappa shape index (κ3) is 7.18. The minimum atomic E-state index is -0.506. The fourth-order valence-corrected chi connectivity index (χ4v) is 6.28. The maximum atomic E-state index is 14.1. The van der Waals surface area contributed by atoms with Gasteiger partial charge < -0.3 is 4.98 Å². The van der Waals surface area contributed by atoms with Crippen LogP contribution in [-0.4, -0.2) is 9.97 Å². The summed E-state index contributed by atoms with van der Waals surface area (Å²) in [6.07, 6.45) is 2.05. The molecule has 0 unspecified atom stereocenters. The van der Waals surface area contributed by atoms with Gasteiger partial charge in [-0.25, -0.2) is 0 Å². The summed E-state index contributed by atoms with van der Waals surface area (Å²) in [5.41, 5.74) is 11.7. The number of halogens is 1. The minimum Gasteiger partial charge on any atom is -0.662 e. The van der Waals surface area contributed by atoms with Gasteiger partial charge in [-0.1, -0.05) is 137 Å². The van der Waals surface area contributed by atoms with Crippen molar-refractivity contribution in [2.45, 2.75) is 105 Å². The predicted molar refractivity (Wildman–Crippen MR) is 200 cm³/mol. The van der Waals surface area contributed by atoms with Crippen LogP contribution in [0.25, 0.3) is 55.4 Å². The van der Waals surface area contributed by atoms with Gasteiger partial charge in [-0.2, -0.15) is 9.91 Å². The average molecular weight is 833 g/mol. The van der Waals surface area contributed by atoms with Crippen molar-refractivity contribution >= 4 is 21.8 Å². The number of hydrogen-bond acceptors (Lipinski definition) is 2. The molecule has 3 aromatic carbocycles. The molecule has 0 saturated heterocycles. The van der Waals surface area contributed by atoms with Crippen molar-refractivity contribution < 1.29 is 25.5 Å². The van der Waals surface area contributed by atoms with E-state index in [-0.39, 0.29) is 42.7 Å². The molecule has 0 N–H and O–H groups in total. The minimum absolute atomic E-state index is 0. The molecule has 5 heteroatoms. The summed E-state index contributed by atoms with van der Waals surface area (Å²) in [4.78, 5) is 14.9. The van der Waals surface area contributed by atoms with Crippen LogP contribution >= 0.6 is 0 Å². The van der Waals surface area contributed by atoms with Gasteiger partial charge in [0.25, 0.3) is 0 Å². The van der Waals surface area contributed by atoms with E-state index in [0.29, 0.717) is 5.69 Å². The third-order valence-corrected chi connectivity index (χ3v) is 9.36. The van der Waals surface area contributed by atoms with Crippen LogP contribution in [0, 0.1) is 12.0 Å². The Bertz CT molecular complexity index is 2180. The van der Waals surface area contributed by atoms with Gasteiger partial charge in [0.15, 0.2) is 0 Å². The van der Waals surface area contributed by atoms with Gasteiger partial charge in [-0.15, -0.1) is 35.3 Å². The molecule has 6 rings (SSSR count). The van der Waals surface area contributed by atoms with E-state index in [4.69, 9.17) is 9.97 Å². The van der Waals surface area contributed by atoms with Gasteiger partial charge in [-0.3, -0.25) is 9.97 Å². The predicted octanol–water partition coefficient (Wildman–Crippen LogP) is 11.9. The van der Waals surface area contributed by atoms with Crippen molar-refractivity contribution in [1.82, 2.24) is 15.0 Å². The molecule has 3 heterocycles. The Kier molecular flexibility index (Phi) is 9.43. The zero-order chi connectivity index (χ0) is 35.0. The van der Waals surface area contributed by atoms with Crippen molar-refractivity contribution in [3.63, 3.8) is 0 Å². The Morgan fingerprint density at radius 2 is 1.12 bits per heavy atom. The number of nitrogens with zero attached hydrogens (tertiary/aromatic N) is 3. The summed E-state index contributed by atoms with van der Waals surface area (Å²) in [5.74, 6) is -0.506. The first kappa shape index (κ1) is 36.7. The zero-order valence-corrected chi connectivity index (χ0v) is 33.2. The number of aromatic nitrogens is 3.